The minimum Gasteiger partial charge on any atom is -0.508 e. The molecule has 1 aromatic heterocycles. The number of aliphatic carboxylic acids is 1. The Morgan fingerprint density at radius 1 is 0.981 bits per heavy atom. The smallest absolute Gasteiger partial charge is 0.327 e. The fraction of sp³-hybridized carbons (Fsp3) is 0.375. The molecule has 3 aliphatic rings. The molecule has 1 aliphatic carbocycles. The first-order valence-electron chi connectivity index (χ1n) is 17.9. The number of nitrogens with zero attached hydrogens (tertiary/aromatic N) is 2. The van der Waals surface area contributed by atoms with Crippen molar-refractivity contribution in [3.63, 3.8) is 0 Å². The van der Waals surface area contributed by atoms with Crippen molar-refractivity contribution in [2.45, 2.75) is 86.6 Å². The van der Waals surface area contributed by atoms with E-state index in [1.165, 1.54) is 36.7 Å². The summed E-state index contributed by atoms with van der Waals surface area (Å²) in [7, 11) is 0. The van der Waals surface area contributed by atoms with E-state index in [9.17, 15) is 45.3 Å². The van der Waals surface area contributed by atoms with E-state index in [1.54, 1.807) is 18.3 Å². The largest absolute Gasteiger partial charge is 0.508 e. The van der Waals surface area contributed by atoms with E-state index in [1.807, 2.05) is 30.3 Å². The molecule has 1 saturated carbocycles. The number of aromatic amines is 1. The van der Waals surface area contributed by atoms with Crippen LogP contribution in [0.4, 0.5) is 5.69 Å². The summed E-state index contributed by atoms with van der Waals surface area (Å²) in [6.07, 6.45) is 2.09. The lowest BCUT2D eigenvalue weighted by Crippen LogP contribution is -2.60. The first-order valence-corrected chi connectivity index (χ1v) is 17.9. The zero-order valence-corrected chi connectivity index (χ0v) is 29.2. The molecule has 284 valence electrons. The van der Waals surface area contributed by atoms with Crippen LogP contribution in [0.25, 0.3) is 6.08 Å². The van der Waals surface area contributed by atoms with Crippen LogP contribution in [0.3, 0.4) is 0 Å². The van der Waals surface area contributed by atoms with Gasteiger partial charge in [-0.2, -0.15) is 0 Å². The standard InChI is InChI=1S/C40H43N3O11/c44-20-32-35(48)36(49)37(50)39(54-32)53-31-17-28-26(16-30(31)46)27(18-40(12-4-5-13-40)24-6-2-1-3-7-24)34(38(51)52)43(28)33(47)11-9-22-8-10-29(45)23(14-22)15-25-19-41-21-42-25/h1-3,6-11,14,16-17,19,21,27,32,34-37,39,44-46,48-50H,4-5,12-13,15,18,20H2,(H,41,42)(H,51,52)/b11-9+/t27-,32-,34-,35-,36+,37-,39-/m1/s1. The quantitative estimate of drug-likeness (QED) is 0.104. The summed E-state index contributed by atoms with van der Waals surface area (Å²) in [5.74, 6) is -3.33. The number of benzene rings is 3. The topological polar surface area (TPSA) is 226 Å². The second kappa shape index (κ2) is 15.2. The summed E-state index contributed by atoms with van der Waals surface area (Å²) < 4.78 is 11.3. The zero-order chi connectivity index (χ0) is 38.1. The molecule has 54 heavy (non-hydrogen) atoms. The third-order valence-corrected chi connectivity index (χ3v) is 11.0. The van der Waals surface area contributed by atoms with Crippen molar-refractivity contribution >= 4 is 23.6 Å². The first-order chi connectivity index (χ1) is 26.0. The number of aliphatic hydroxyl groups is 4. The van der Waals surface area contributed by atoms with Crippen LogP contribution >= 0.6 is 0 Å². The van der Waals surface area contributed by atoms with Gasteiger partial charge in [-0.1, -0.05) is 49.2 Å². The first kappa shape index (κ1) is 37.1. The van der Waals surface area contributed by atoms with Gasteiger partial charge >= 0.3 is 5.97 Å². The second-order valence-electron chi connectivity index (χ2n) is 14.3. The van der Waals surface area contributed by atoms with Gasteiger partial charge in [0.25, 0.3) is 5.91 Å². The van der Waals surface area contributed by atoms with E-state index in [0.717, 1.165) is 41.8 Å². The summed E-state index contributed by atoms with van der Waals surface area (Å²) in [6.45, 7) is -0.702. The van der Waals surface area contributed by atoms with Crippen LogP contribution in [0, 0.1) is 0 Å². The molecule has 2 fully saturated rings. The molecule has 0 bridgehead atoms. The maximum Gasteiger partial charge on any atom is 0.327 e. The second-order valence-corrected chi connectivity index (χ2v) is 14.3. The lowest BCUT2D eigenvalue weighted by atomic mass is 9.70. The van der Waals surface area contributed by atoms with Crippen molar-refractivity contribution < 1.29 is 54.8 Å². The molecule has 0 spiro atoms. The lowest BCUT2D eigenvalue weighted by molar-refractivity contribution is -0.277. The molecule has 1 amide bonds. The van der Waals surface area contributed by atoms with E-state index in [2.05, 4.69) is 9.97 Å². The molecule has 14 nitrogen and oxygen atoms in total. The van der Waals surface area contributed by atoms with Crippen LogP contribution in [0.2, 0.25) is 0 Å². The van der Waals surface area contributed by atoms with Gasteiger partial charge in [-0.05, 0) is 65.6 Å². The van der Waals surface area contributed by atoms with Crippen LogP contribution in [-0.2, 0) is 26.2 Å². The summed E-state index contributed by atoms with van der Waals surface area (Å²) in [6, 6.07) is 16.0. The predicted molar refractivity (Wildman–Crippen MR) is 194 cm³/mol. The average Bonchev–Trinajstić information content (AvgIpc) is 3.93. The fourth-order valence-electron chi connectivity index (χ4n) is 8.28. The number of phenolic OH excluding ortho intramolecular Hbond substituents is 2. The van der Waals surface area contributed by atoms with Gasteiger partial charge in [0.05, 0.1) is 18.6 Å². The van der Waals surface area contributed by atoms with Crippen molar-refractivity contribution in [2.75, 3.05) is 11.5 Å². The number of carbonyl (C=O) groups is 2. The highest BCUT2D eigenvalue weighted by Crippen LogP contribution is 2.54. The minimum atomic E-state index is -1.78. The van der Waals surface area contributed by atoms with Gasteiger partial charge in [-0.25, -0.2) is 9.78 Å². The Balaban J connectivity index is 1.27. The number of fused-ring (bicyclic) bond motifs is 1. The van der Waals surface area contributed by atoms with Crippen LogP contribution in [0.1, 0.15) is 66.0 Å². The highest BCUT2D eigenvalue weighted by molar-refractivity contribution is 6.10. The van der Waals surface area contributed by atoms with Crippen LogP contribution in [0.5, 0.6) is 17.2 Å². The number of carbonyl (C=O) groups excluding carboxylic acids is 1. The molecule has 7 atom stereocenters. The van der Waals surface area contributed by atoms with Gasteiger partial charge in [0.2, 0.25) is 6.29 Å². The van der Waals surface area contributed by atoms with Crippen LogP contribution < -0.4 is 9.64 Å². The molecule has 0 radical (unpaired) electrons. The number of aliphatic hydroxyl groups excluding tert-OH is 4. The maximum absolute atomic E-state index is 14.3. The number of rotatable bonds is 11. The van der Waals surface area contributed by atoms with Crippen molar-refractivity contribution in [1.82, 2.24) is 9.97 Å². The summed E-state index contributed by atoms with van der Waals surface area (Å²) in [5, 5.41) is 73.6. The van der Waals surface area contributed by atoms with E-state index in [4.69, 9.17) is 9.47 Å². The van der Waals surface area contributed by atoms with Gasteiger partial charge in [-0.15, -0.1) is 0 Å². The number of imidazole rings is 1. The minimum absolute atomic E-state index is 0.0568. The number of carboxylic acids is 1. The SMILES string of the molecule is O=C(O)[C@H]1[C@H](CC2(c3ccccc3)CCCC2)c2cc(O)c(O[C@@H]3O[C@H](CO)[C@@H](O)[C@H](O)[C@H]3O)cc2N1C(=O)/C=C/c1ccc(O)c(Cc2cnc[nH]2)c1. The summed E-state index contributed by atoms with van der Waals surface area (Å²) >= 11 is 0. The zero-order valence-electron chi connectivity index (χ0n) is 29.2. The predicted octanol–water partition coefficient (Wildman–Crippen LogP) is 3.09. The number of aromatic nitrogens is 2. The Labute approximate surface area is 310 Å². The maximum atomic E-state index is 14.3. The number of phenols is 2. The highest BCUT2D eigenvalue weighted by atomic mass is 16.7. The third-order valence-electron chi connectivity index (χ3n) is 11.0. The molecule has 3 heterocycles. The molecule has 0 unspecified atom stereocenters. The molecule has 14 heteroatoms. The number of H-pyrrole nitrogens is 1. The van der Waals surface area contributed by atoms with E-state index >= 15 is 0 Å². The van der Waals surface area contributed by atoms with Crippen molar-refractivity contribution in [1.29, 1.82) is 0 Å². The molecule has 3 aromatic carbocycles. The number of carboxylic acid groups (broad SMARTS) is 1. The molecule has 8 N–H and O–H groups in total. The lowest BCUT2D eigenvalue weighted by Gasteiger charge is -2.39. The number of nitrogens with one attached hydrogen (secondary N) is 1. The molecular formula is C40H43N3O11. The molecule has 1 saturated heterocycles. The van der Waals surface area contributed by atoms with Gasteiger partial charge in [0, 0.05) is 41.9 Å². The van der Waals surface area contributed by atoms with Crippen LogP contribution in [0.15, 0.2) is 79.3 Å². The Bertz CT molecular complexity index is 2000. The number of anilines is 1. The molecular weight excluding hydrogens is 698 g/mol. The normalized spacial score (nSPS) is 26.2. The number of amides is 1. The monoisotopic (exact) mass is 741 g/mol. The average molecular weight is 742 g/mol. The van der Waals surface area contributed by atoms with Crippen LogP contribution in [-0.4, -0.2) is 101 Å². The highest BCUT2D eigenvalue weighted by Gasteiger charge is 2.51. The Morgan fingerprint density at radius 2 is 1.74 bits per heavy atom. The van der Waals surface area contributed by atoms with Gasteiger partial charge < -0.3 is 50.2 Å². The summed E-state index contributed by atoms with van der Waals surface area (Å²) in [5.41, 5.74) is 3.18. The van der Waals surface area contributed by atoms with Gasteiger partial charge in [0.15, 0.2) is 11.5 Å². The van der Waals surface area contributed by atoms with Crippen molar-refractivity contribution in [3.8, 4) is 17.2 Å². The Kier molecular flexibility index (Phi) is 10.5. The van der Waals surface area contributed by atoms with Gasteiger partial charge in [0.1, 0.15) is 36.2 Å². The Morgan fingerprint density at radius 3 is 2.43 bits per heavy atom. The van der Waals surface area contributed by atoms with E-state index in [0.29, 0.717) is 29.5 Å². The number of hydrogen-bond acceptors (Lipinski definition) is 11. The Hall–Kier alpha value is -5.25. The van der Waals surface area contributed by atoms with Gasteiger partial charge in [-0.3, -0.25) is 9.69 Å². The summed E-state index contributed by atoms with van der Waals surface area (Å²) in [4.78, 5) is 35.8. The molecule has 7 rings (SSSR count). The fourth-order valence-corrected chi connectivity index (χ4v) is 8.28. The third kappa shape index (κ3) is 7.06. The number of hydrogen-bond donors (Lipinski definition) is 8. The van der Waals surface area contributed by atoms with E-state index in [-0.39, 0.29) is 22.6 Å². The molecule has 4 aromatic rings. The number of ether oxygens (including phenoxy) is 2. The molecule has 2 aliphatic heterocycles. The van der Waals surface area contributed by atoms with Crippen molar-refractivity contribution in [3.05, 3.63) is 107 Å². The number of aromatic hydroxyl groups is 2. The van der Waals surface area contributed by atoms with E-state index < -0.39 is 66.9 Å². The van der Waals surface area contributed by atoms with Crippen molar-refractivity contribution in [2.24, 2.45) is 0 Å².